The molecule has 0 fully saturated rings. The minimum atomic E-state index is -0.803. The lowest BCUT2D eigenvalue weighted by atomic mass is 10.2. The third kappa shape index (κ3) is 7.23. The van der Waals surface area contributed by atoms with Gasteiger partial charge in [-0.25, -0.2) is 9.59 Å². The van der Waals surface area contributed by atoms with Crippen molar-refractivity contribution in [3.8, 4) is 11.8 Å². The summed E-state index contributed by atoms with van der Waals surface area (Å²) in [4.78, 5) is 22.8. The van der Waals surface area contributed by atoms with Crippen molar-refractivity contribution in [3.63, 3.8) is 0 Å². The number of ether oxygens (including phenoxy) is 2. The molecule has 1 atom stereocenters. The zero-order valence-electron chi connectivity index (χ0n) is 10.9. The average Bonchev–Trinajstić information content (AvgIpc) is 2.20. The SMILES string of the molecule is CC#CC[C@H](NC(=O)OC(C)(C)C)C(=O)OC. The Hall–Kier alpha value is -1.70. The van der Waals surface area contributed by atoms with Crippen LogP contribution in [0.2, 0.25) is 0 Å². The van der Waals surface area contributed by atoms with E-state index < -0.39 is 23.7 Å². The predicted octanol–water partition coefficient (Wildman–Crippen LogP) is 1.47. The minimum absolute atomic E-state index is 0.197. The average molecular weight is 241 g/mol. The van der Waals surface area contributed by atoms with Crippen molar-refractivity contribution in [2.45, 2.75) is 45.8 Å². The number of carbonyl (C=O) groups is 2. The van der Waals surface area contributed by atoms with Crippen LogP contribution in [0.5, 0.6) is 0 Å². The van der Waals surface area contributed by atoms with Gasteiger partial charge in [-0.05, 0) is 27.7 Å². The van der Waals surface area contributed by atoms with Gasteiger partial charge in [0.15, 0.2) is 0 Å². The maximum absolute atomic E-state index is 11.5. The van der Waals surface area contributed by atoms with E-state index in [1.165, 1.54) is 7.11 Å². The van der Waals surface area contributed by atoms with Crippen molar-refractivity contribution < 1.29 is 19.1 Å². The first-order valence-electron chi connectivity index (χ1n) is 5.27. The molecule has 5 heteroatoms. The molecule has 0 radical (unpaired) electrons. The molecule has 0 aromatic rings. The van der Waals surface area contributed by atoms with E-state index in [1.54, 1.807) is 27.7 Å². The van der Waals surface area contributed by atoms with Gasteiger partial charge in [0, 0.05) is 6.42 Å². The molecule has 1 amide bonds. The van der Waals surface area contributed by atoms with Gasteiger partial charge in [0.1, 0.15) is 11.6 Å². The second-order valence-corrected chi connectivity index (χ2v) is 4.35. The standard InChI is InChI=1S/C12H19NO4/c1-6-7-8-9(10(14)16-5)13-11(15)17-12(2,3)4/h9H,8H2,1-5H3,(H,13,15)/t9-/m0/s1. The van der Waals surface area contributed by atoms with Gasteiger partial charge < -0.3 is 14.8 Å². The maximum atomic E-state index is 11.5. The third-order valence-corrected chi connectivity index (χ3v) is 1.66. The molecule has 96 valence electrons. The van der Waals surface area contributed by atoms with E-state index in [4.69, 9.17) is 4.74 Å². The normalized spacial score (nSPS) is 11.8. The molecule has 0 unspecified atom stereocenters. The van der Waals surface area contributed by atoms with Crippen molar-refractivity contribution in [2.75, 3.05) is 7.11 Å². The Morgan fingerprint density at radius 3 is 2.35 bits per heavy atom. The van der Waals surface area contributed by atoms with Crippen molar-refractivity contribution >= 4 is 12.1 Å². The predicted molar refractivity (Wildman–Crippen MR) is 63.2 cm³/mol. The second kappa shape index (κ2) is 6.79. The molecule has 0 aromatic heterocycles. The van der Waals surface area contributed by atoms with E-state index in [2.05, 4.69) is 21.9 Å². The lowest BCUT2D eigenvalue weighted by molar-refractivity contribution is -0.143. The van der Waals surface area contributed by atoms with E-state index in [9.17, 15) is 9.59 Å². The Morgan fingerprint density at radius 2 is 1.94 bits per heavy atom. The molecule has 17 heavy (non-hydrogen) atoms. The number of nitrogens with one attached hydrogen (secondary N) is 1. The fraction of sp³-hybridized carbons (Fsp3) is 0.667. The summed E-state index contributed by atoms with van der Waals surface area (Å²) in [6.45, 7) is 6.88. The van der Waals surface area contributed by atoms with Crippen molar-refractivity contribution in [2.24, 2.45) is 0 Å². The number of hydrogen-bond donors (Lipinski definition) is 1. The fourth-order valence-electron chi connectivity index (χ4n) is 0.989. The summed E-state index contributed by atoms with van der Waals surface area (Å²) >= 11 is 0. The summed E-state index contributed by atoms with van der Waals surface area (Å²) in [6, 6.07) is -0.803. The Bertz CT molecular complexity index is 333. The summed E-state index contributed by atoms with van der Waals surface area (Å²) in [7, 11) is 1.26. The van der Waals surface area contributed by atoms with Crippen LogP contribution >= 0.6 is 0 Å². The summed E-state index contributed by atoms with van der Waals surface area (Å²) in [5.41, 5.74) is -0.610. The van der Waals surface area contributed by atoms with Gasteiger partial charge in [-0.3, -0.25) is 0 Å². The van der Waals surface area contributed by atoms with E-state index >= 15 is 0 Å². The highest BCUT2D eigenvalue weighted by atomic mass is 16.6. The molecule has 0 aliphatic heterocycles. The molecule has 0 saturated carbocycles. The number of methoxy groups -OCH3 is 1. The first-order chi connectivity index (χ1) is 7.80. The Kier molecular flexibility index (Phi) is 6.11. The largest absolute Gasteiger partial charge is 0.467 e. The zero-order chi connectivity index (χ0) is 13.5. The summed E-state index contributed by atoms with van der Waals surface area (Å²) < 4.78 is 9.60. The Morgan fingerprint density at radius 1 is 1.35 bits per heavy atom. The molecule has 0 aromatic carbocycles. The van der Waals surface area contributed by atoms with E-state index in [-0.39, 0.29) is 6.42 Å². The van der Waals surface area contributed by atoms with Gasteiger partial charge in [-0.15, -0.1) is 11.8 Å². The Balaban J connectivity index is 4.46. The van der Waals surface area contributed by atoms with Crippen LogP contribution in [-0.4, -0.2) is 30.8 Å². The molecule has 0 heterocycles. The number of esters is 1. The van der Waals surface area contributed by atoms with Gasteiger partial charge in [-0.1, -0.05) is 0 Å². The third-order valence-electron chi connectivity index (χ3n) is 1.66. The Labute approximate surface area is 102 Å². The van der Waals surface area contributed by atoms with Gasteiger partial charge in [0.2, 0.25) is 0 Å². The highest BCUT2D eigenvalue weighted by Crippen LogP contribution is 2.07. The second-order valence-electron chi connectivity index (χ2n) is 4.35. The maximum Gasteiger partial charge on any atom is 0.408 e. The van der Waals surface area contributed by atoms with Crippen LogP contribution in [0.15, 0.2) is 0 Å². The first-order valence-corrected chi connectivity index (χ1v) is 5.27. The van der Waals surface area contributed by atoms with E-state index in [1.807, 2.05) is 0 Å². The van der Waals surface area contributed by atoms with Gasteiger partial charge in [-0.2, -0.15) is 0 Å². The molecular weight excluding hydrogens is 222 g/mol. The monoisotopic (exact) mass is 241 g/mol. The fourth-order valence-corrected chi connectivity index (χ4v) is 0.989. The molecule has 0 spiro atoms. The van der Waals surface area contributed by atoms with Crippen LogP contribution in [0.3, 0.4) is 0 Å². The highest BCUT2D eigenvalue weighted by Gasteiger charge is 2.24. The summed E-state index contributed by atoms with van der Waals surface area (Å²) in [6.07, 6.45) is -0.464. The van der Waals surface area contributed by atoms with Crippen molar-refractivity contribution in [1.82, 2.24) is 5.32 Å². The molecule has 0 saturated heterocycles. The highest BCUT2D eigenvalue weighted by molar-refractivity contribution is 5.81. The van der Waals surface area contributed by atoms with E-state index in [0.29, 0.717) is 0 Å². The van der Waals surface area contributed by atoms with Crippen molar-refractivity contribution in [1.29, 1.82) is 0 Å². The lowest BCUT2D eigenvalue weighted by Gasteiger charge is -2.21. The van der Waals surface area contributed by atoms with Crippen LogP contribution < -0.4 is 5.32 Å². The molecule has 0 rings (SSSR count). The molecular formula is C12H19NO4. The zero-order valence-corrected chi connectivity index (χ0v) is 10.9. The quantitative estimate of drug-likeness (QED) is 0.600. The van der Waals surface area contributed by atoms with Crippen LogP contribution in [0.1, 0.15) is 34.1 Å². The topological polar surface area (TPSA) is 64.6 Å². The molecule has 1 N–H and O–H groups in total. The number of alkyl carbamates (subject to hydrolysis) is 1. The van der Waals surface area contributed by atoms with Gasteiger partial charge in [0.25, 0.3) is 0 Å². The van der Waals surface area contributed by atoms with Gasteiger partial charge in [0.05, 0.1) is 7.11 Å². The number of hydrogen-bond acceptors (Lipinski definition) is 4. The smallest absolute Gasteiger partial charge is 0.408 e. The van der Waals surface area contributed by atoms with Crippen LogP contribution in [-0.2, 0) is 14.3 Å². The van der Waals surface area contributed by atoms with Crippen LogP contribution in [0, 0.1) is 11.8 Å². The molecule has 5 nitrogen and oxygen atoms in total. The summed E-state index contributed by atoms with van der Waals surface area (Å²) in [5.74, 6) is 4.82. The molecule has 0 aliphatic carbocycles. The molecule has 0 bridgehead atoms. The minimum Gasteiger partial charge on any atom is -0.467 e. The summed E-state index contributed by atoms with van der Waals surface area (Å²) in [5, 5.41) is 2.42. The number of amides is 1. The molecule has 0 aliphatic rings. The van der Waals surface area contributed by atoms with Crippen LogP contribution in [0.4, 0.5) is 4.79 Å². The number of carbonyl (C=O) groups excluding carboxylic acids is 2. The van der Waals surface area contributed by atoms with Gasteiger partial charge >= 0.3 is 12.1 Å². The van der Waals surface area contributed by atoms with E-state index in [0.717, 1.165) is 0 Å². The lowest BCUT2D eigenvalue weighted by Crippen LogP contribution is -2.43. The first kappa shape index (κ1) is 15.3. The van der Waals surface area contributed by atoms with Crippen molar-refractivity contribution in [3.05, 3.63) is 0 Å². The van der Waals surface area contributed by atoms with Crippen LogP contribution in [0.25, 0.3) is 0 Å². The number of rotatable bonds is 3.